The highest BCUT2D eigenvalue weighted by atomic mass is 15.2. The number of benzene rings is 10. The third kappa shape index (κ3) is 2.58. The van der Waals surface area contributed by atoms with Crippen LogP contribution in [0.1, 0.15) is 22.3 Å². The van der Waals surface area contributed by atoms with Gasteiger partial charge in [-0.05, 0) is 154 Å². The van der Waals surface area contributed by atoms with E-state index in [0.29, 0.717) is 0 Å². The van der Waals surface area contributed by atoms with Crippen molar-refractivity contribution >= 4 is 108 Å². The van der Waals surface area contributed by atoms with Gasteiger partial charge in [0.15, 0.2) is 0 Å². The summed E-state index contributed by atoms with van der Waals surface area (Å²) in [4.78, 5) is 5.42. The van der Waals surface area contributed by atoms with Gasteiger partial charge in [-0.2, -0.15) is 0 Å². The van der Waals surface area contributed by atoms with Gasteiger partial charge in [-0.25, -0.2) is 0 Å². The first-order chi connectivity index (χ1) is 23.7. The molecule has 12 aromatic rings. The molecule has 0 aliphatic carbocycles. The Morgan fingerprint density at radius 1 is 0.271 bits per heavy atom. The third-order valence-corrected chi connectivity index (χ3v) is 12.9. The van der Waals surface area contributed by atoms with Crippen LogP contribution in [0.4, 0.5) is 0 Å². The Hall–Kier alpha value is -5.28. The molecule has 0 fully saturated rings. The number of hydrogen-bond donors (Lipinski definition) is 0. The Bertz CT molecular complexity index is 2870. The maximum absolute atomic E-state index is 2.71. The van der Waals surface area contributed by atoms with E-state index in [2.05, 4.69) is 107 Å². The van der Waals surface area contributed by atoms with Gasteiger partial charge in [0.1, 0.15) is 0 Å². The monoisotopic (exact) mass is 608 g/mol. The van der Waals surface area contributed by atoms with Crippen molar-refractivity contribution in [1.82, 2.24) is 9.80 Å². The molecule has 0 saturated heterocycles. The Kier molecular flexibility index (Phi) is 3.85. The van der Waals surface area contributed by atoms with Crippen molar-refractivity contribution in [2.75, 3.05) is 13.1 Å². The minimum atomic E-state index is 1.02. The average Bonchev–Trinajstić information content (AvgIpc) is 3.68. The first-order valence-corrected chi connectivity index (χ1v) is 17.6. The van der Waals surface area contributed by atoms with Gasteiger partial charge in [-0.15, -0.1) is 0 Å². The van der Waals surface area contributed by atoms with Crippen molar-refractivity contribution in [2.24, 2.45) is 0 Å². The fourth-order valence-corrected chi connectivity index (χ4v) is 11.1. The fourth-order valence-electron chi connectivity index (χ4n) is 11.1. The fraction of sp³-hybridized carbons (Fsp3) is 0.130. The van der Waals surface area contributed by atoms with Crippen LogP contribution in [-0.4, -0.2) is 22.9 Å². The van der Waals surface area contributed by atoms with Crippen molar-refractivity contribution in [3.05, 3.63) is 119 Å². The predicted octanol–water partition coefficient (Wildman–Crippen LogP) is 11.2. The predicted molar refractivity (Wildman–Crippen MR) is 203 cm³/mol. The standard InChI is InChI=1S/C46H28N2/c1-2-24-6-10-28-16-32-20-47(19-31-15-27-9-5-23(1)37-38(24)42(28)45(35(31)32)41(27)37)13-14-48-21-33-17-29-11-7-25-3-4-26-8-12-30-18-34(22-48)36(33)46-43(29)39(25)40(26)44(30)46/h1-12,15-18H,13-14,19-22H2. The van der Waals surface area contributed by atoms with Gasteiger partial charge in [-0.3, -0.25) is 9.80 Å². The molecular formula is C46H28N2. The Balaban J connectivity index is 0.861. The maximum atomic E-state index is 2.71. The summed E-state index contributed by atoms with van der Waals surface area (Å²) in [5, 5.41) is 29.1. The van der Waals surface area contributed by atoms with Crippen LogP contribution in [0.15, 0.2) is 97.1 Å². The zero-order valence-electron chi connectivity index (χ0n) is 26.4. The van der Waals surface area contributed by atoms with Gasteiger partial charge in [0, 0.05) is 39.3 Å². The zero-order chi connectivity index (χ0) is 30.6. The van der Waals surface area contributed by atoms with Gasteiger partial charge in [0.2, 0.25) is 0 Å². The second-order valence-corrected chi connectivity index (χ2v) is 15.2. The molecular weight excluding hydrogens is 581 g/mol. The van der Waals surface area contributed by atoms with Crippen LogP contribution in [-0.2, 0) is 26.2 Å². The number of rotatable bonds is 3. The van der Waals surface area contributed by atoms with Crippen LogP contribution < -0.4 is 0 Å². The second-order valence-electron chi connectivity index (χ2n) is 15.2. The summed E-state index contributed by atoms with van der Waals surface area (Å²) >= 11 is 0. The average molecular weight is 609 g/mol. The topological polar surface area (TPSA) is 6.48 Å². The number of hydrogen-bond acceptors (Lipinski definition) is 2. The van der Waals surface area contributed by atoms with E-state index in [1.807, 2.05) is 0 Å². The minimum absolute atomic E-state index is 1.02. The van der Waals surface area contributed by atoms with Crippen molar-refractivity contribution in [2.45, 2.75) is 26.2 Å². The van der Waals surface area contributed by atoms with Crippen LogP contribution in [0.25, 0.3) is 108 Å². The molecule has 0 unspecified atom stereocenters. The summed E-state index contributed by atoms with van der Waals surface area (Å²) in [5.74, 6) is 0. The molecule has 0 aromatic heterocycles. The lowest BCUT2D eigenvalue weighted by atomic mass is 9.89. The van der Waals surface area contributed by atoms with Gasteiger partial charge in [0.05, 0.1) is 0 Å². The molecule has 14 rings (SSSR count). The molecule has 2 nitrogen and oxygen atoms in total. The minimum Gasteiger partial charge on any atom is -0.294 e. The van der Waals surface area contributed by atoms with E-state index < -0.39 is 0 Å². The molecule has 2 aliphatic rings. The molecule has 48 heavy (non-hydrogen) atoms. The Morgan fingerprint density at radius 2 is 0.500 bits per heavy atom. The van der Waals surface area contributed by atoms with E-state index in [9.17, 15) is 0 Å². The molecule has 2 aliphatic heterocycles. The molecule has 0 N–H and O–H groups in total. The number of nitrogens with zero attached hydrogens (tertiary/aromatic N) is 2. The molecule has 0 radical (unpaired) electrons. The lowest BCUT2D eigenvalue weighted by Crippen LogP contribution is -2.36. The van der Waals surface area contributed by atoms with E-state index >= 15 is 0 Å². The summed E-state index contributed by atoms with van der Waals surface area (Å²) in [6.07, 6.45) is 0. The van der Waals surface area contributed by atoms with Gasteiger partial charge in [-0.1, -0.05) is 72.8 Å². The summed E-state index contributed by atoms with van der Waals surface area (Å²) in [5.41, 5.74) is 6.03. The highest BCUT2D eigenvalue weighted by molar-refractivity contribution is 6.46. The summed E-state index contributed by atoms with van der Waals surface area (Å²) in [6, 6.07) is 38.2. The first-order valence-electron chi connectivity index (χ1n) is 17.6. The molecule has 0 amide bonds. The lowest BCUT2D eigenvalue weighted by Gasteiger charge is -2.34. The van der Waals surface area contributed by atoms with Crippen molar-refractivity contribution in [3.8, 4) is 0 Å². The third-order valence-electron chi connectivity index (χ3n) is 12.9. The van der Waals surface area contributed by atoms with Gasteiger partial charge in [0.25, 0.3) is 0 Å². The molecule has 0 atom stereocenters. The van der Waals surface area contributed by atoms with Gasteiger partial charge < -0.3 is 0 Å². The maximum Gasteiger partial charge on any atom is 0.0244 e. The molecule has 2 heteroatoms. The highest BCUT2D eigenvalue weighted by Crippen LogP contribution is 2.52. The normalized spacial score (nSPS) is 16.4. The molecule has 12 aromatic carbocycles. The van der Waals surface area contributed by atoms with E-state index in [1.165, 1.54) is 130 Å². The largest absolute Gasteiger partial charge is 0.294 e. The lowest BCUT2D eigenvalue weighted by molar-refractivity contribution is 0.179. The smallest absolute Gasteiger partial charge is 0.0244 e. The second kappa shape index (κ2) is 7.71. The van der Waals surface area contributed by atoms with Crippen LogP contribution in [0.3, 0.4) is 0 Å². The van der Waals surface area contributed by atoms with Crippen LogP contribution in [0.2, 0.25) is 0 Å². The van der Waals surface area contributed by atoms with Crippen LogP contribution >= 0.6 is 0 Å². The van der Waals surface area contributed by atoms with Crippen molar-refractivity contribution < 1.29 is 0 Å². The highest BCUT2D eigenvalue weighted by Gasteiger charge is 2.30. The Labute approximate surface area is 275 Å². The van der Waals surface area contributed by atoms with Crippen molar-refractivity contribution in [1.29, 1.82) is 0 Å². The quantitative estimate of drug-likeness (QED) is 0.184. The summed E-state index contributed by atoms with van der Waals surface area (Å²) in [6.45, 7) is 6.23. The zero-order valence-corrected chi connectivity index (χ0v) is 26.4. The first kappa shape index (κ1) is 23.9. The SMILES string of the molecule is c1cc2ccc3cc4c5c(cc6ccc1c1c2c3c5c61)CN(CCN1Cc2cc3ccc5ccc6ccc7cc(c2c2c3c5c6c72)C1)C4. The summed E-state index contributed by atoms with van der Waals surface area (Å²) in [7, 11) is 0. The molecule has 0 bridgehead atoms. The van der Waals surface area contributed by atoms with E-state index in [4.69, 9.17) is 0 Å². The van der Waals surface area contributed by atoms with Crippen LogP contribution in [0, 0.1) is 0 Å². The molecule has 222 valence electrons. The summed E-state index contributed by atoms with van der Waals surface area (Å²) < 4.78 is 0. The molecule has 2 heterocycles. The molecule has 0 saturated carbocycles. The van der Waals surface area contributed by atoms with E-state index in [-0.39, 0.29) is 0 Å². The van der Waals surface area contributed by atoms with E-state index in [1.54, 1.807) is 0 Å². The van der Waals surface area contributed by atoms with E-state index in [0.717, 1.165) is 39.3 Å². The van der Waals surface area contributed by atoms with Crippen LogP contribution in [0.5, 0.6) is 0 Å². The van der Waals surface area contributed by atoms with Gasteiger partial charge >= 0.3 is 0 Å². The Morgan fingerprint density at radius 3 is 0.771 bits per heavy atom. The molecule has 0 spiro atoms. The van der Waals surface area contributed by atoms with Crippen molar-refractivity contribution in [3.63, 3.8) is 0 Å².